The van der Waals surface area contributed by atoms with Crippen molar-refractivity contribution in [1.29, 1.82) is 0 Å². The van der Waals surface area contributed by atoms with Crippen molar-refractivity contribution < 1.29 is 42.1 Å². The molecule has 0 aromatic rings. The Kier molecular flexibility index (Phi) is 68.2. The number of carbonyl (C=O) groups excluding carboxylic acids is 2. The summed E-state index contributed by atoms with van der Waals surface area (Å²) in [5, 5.41) is 0. The molecular formula is C84H137NO8P+. The summed E-state index contributed by atoms with van der Waals surface area (Å²) in [5.74, 6) is -0.821. The van der Waals surface area contributed by atoms with Gasteiger partial charge in [-0.1, -0.05) is 311 Å². The van der Waals surface area contributed by atoms with Crippen LogP contribution in [0.1, 0.15) is 271 Å². The lowest BCUT2D eigenvalue weighted by atomic mass is 10.0. The minimum atomic E-state index is -4.41. The number of phosphoric ester groups is 1. The summed E-state index contributed by atoms with van der Waals surface area (Å²) in [5.41, 5.74) is 0. The molecule has 94 heavy (non-hydrogen) atoms. The summed E-state index contributed by atoms with van der Waals surface area (Å²) in [6.07, 6.45) is 112. The molecule has 2 atom stereocenters. The van der Waals surface area contributed by atoms with Gasteiger partial charge in [-0.3, -0.25) is 18.6 Å². The summed E-state index contributed by atoms with van der Waals surface area (Å²) < 4.78 is 34.7. The Hall–Kier alpha value is -5.15. The Morgan fingerprint density at radius 2 is 0.574 bits per heavy atom. The van der Waals surface area contributed by atoms with Crippen LogP contribution in [-0.2, 0) is 32.7 Å². The summed E-state index contributed by atoms with van der Waals surface area (Å²) in [4.78, 5) is 35.9. The van der Waals surface area contributed by atoms with Crippen LogP contribution in [0.5, 0.6) is 0 Å². The normalized spacial score (nSPS) is 14.2. The van der Waals surface area contributed by atoms with Gasteiger partial charge in [0.1, 0.15) is 19.8 Å². The molecule has 0 aliphatic heterocycles. The Labute approximate surface area is 577 Å². The number of hydrogen-bond donors (Lipinski definition) is 1. The minimum Gasteiger partial charge on any atom is -0.462 e. The van der Waals surface area contributed by atoms with Gasteiger partial charge < -0.3 is 18.9 Å². The molecule has 0 radical (unpaired) electrons. The molecule has 530 valence electrons. The van der Waals surface area contributed by atoms with Gasteiger partial charge in [0.05, 0.1) is 27.7 Å². The fraction of sp³-hybridized carbons (Fsp3) is 0.595. The standard InChI is InChI=1S/C84H136NO8P/c1-6-8-10-12-14-16-18-20-22-24-26-28-30-32-34-36-37-38-39-40-41-42-43-44-45-46-47-49-51-53-55-57-59-61-63-65-67-69-71-73-75-77-84(87)93-82(81-92-94(88,89)91-79-78-85(3,4)5)80-90-83(86)76-74-72-70-68-66-64-62-60-58-56-54-52-50-48-35-33-31-29-27-25-23-21-19-17-15-13-11-9-7-2/h8-11,14-17,20-23,26-29,32-35,37-38,40-41,43-44,46-47,51,53,57,59,82H,6-7,12-13,18-19,24-25,30-31,36,39,42,45,48-50,52,54-56,58,60-81H2,1-5H3/p+1/b10-8-,11-9-,16-14-,17-15-,22-20-,23-21-,28-26-,29-27-,34-32-,35-33-,38-37-,41-40-,44-43-,47-46-,53-51-,59-57-. The van der Waals surface area contributed by atoms with Crippen LogP contribution in [0.2, 0.25) is 0 Å². The fourth-order valence-electron chi connectivity index (χ4n) is 9.52. The largest absolute Gasteiger partial charge is 0.472 e. The molecule has 9 nitrogen and oxygen atoms in total. The maximum atomic E-state index is 12.9. The number of quaternary nitrogens is 1. The molecule has 2 unspecified atom stereocenters. The van der Waals surface area contributed by atoms with Crippen molar-refractivity contribution in [3.63, 3.8) is 0 Å². The second-order valence-corrected chi connectivity index (χ2v) is 26.7. The average molecular weight is 1320 g/mol. The molecule has 10 heteroatoms. The number of allylic oxidation sites excluding steroid dienone is 32. The lowest BCUT2D eigenvalue weighted by Gasteiger charge is -2.24. The molecule has 1 N–H and O–H groups in total. The first-order chi connectivity index (χ1) is 46.0. The van der Waals surface area contributed by atoms with Gasteiger partial charge in [-0.25, -0.2) is 4.57 Å². The van der Waals surface area contributed by atoms with Gasteiger partial charge in [0, 0.05) is 12.8 Å². The molecule has 0 amide bonds. The Morgan fingerprint density at radius 1 is 0.330 bits per heavy atom. The number of rotatable bonds is 66. The number of esters is 2. The molecule has 0 aliphatic rings. The van der Waals surface area contributed by atoms with Crippen LogP contribution in [-0.4, -0.2) is 74.9 Å². The van der Waals surface area contributed by atoms with E-state index in [-0.39, 0.29) is 32.0 Å². The lowest BCUT2D eigenvalue weighted by molar-refractivity contribution is -0.870. The SMILES string of the molecule is CC/C=C\C/C=C\C/C=C\C/C=C\C/C=C\C/C=C\C/C=C\C/C=C\C/C=C\C/C=C\C/C=C\CCCCCCCCCC(=O)OC(COC(=O)CCCCCCCCCCCCCCC/C=C\C/C=C\C/C=C\C/C=C\C/C=C\CC)COP(=O)(O)OCC[N+](C)(C)C. The van der Waals surface area contributed by atoms with Gasteiger partial charge in [-0.05, 0) is 141 Å². The molecule has 0 aliphatic carbocycles. The number of nitrogens with zero attached hydrogens (tertiary/aromatic N) is 1. The summed E-state index contributed by atoms with van der Waals surface area (Å²) in [7, 11) is 1.45. The number of hydrogen-bond acceptors (Lipinski definition) is 7. The Balaban J connectivity index is 4.13. The van der Waals surface area contributed by atoms with Gasteiger partial charge in [-0.15, -0.1) is 0 Å². The molecule has 0 saturated heterocycles. The Bertz CT molecular complexity index is 2290. The van der Waals surface area contributed by atoms with E-state index in [1.54, 1.807) is 0 Å². The predicted octanol–water partition coefficient (Wildman–Crippen LogP) is 24.8. The van der Waals surface area contributed by atoms with Crippen molar-refractivity contribution in [3.05, 3.63) is 194 Å². The van der Waals surface area contributed by atoms with Crippen molar-refractivity contribution in [3.8, 4) is 0 Å². The lowest BCUT2D eigenvalue weighted by Crippen LogP contribution is -2.37. The van der Waals surface area contributed by atoms with E-state index in [0.29, 0.717) is 17.4 Å². The molecule has 0 bridgehead atoms. The summed E-state index contributed by atoms with van der Waals surface area (Å²) >= 11 is 0. The highest BCUT2D eigenvalue weighted by Crippen LogP contribution is 2.43. The van der Waals surface area contributed by atoms with Gasteiger partial charge in [0.15, 0.2) is 6.10 Å². The van der Waals surface area contributed by atoms with Gasteiger partial charge >= 0.3 is 19.8 Å². The highest BCUT2D eigenvalue weighted by Gasteiger charge is 2.27. The number of phosphoric acid groups is 1. The number of ether oxygens (including phenoxy) is 2. The molecule has 0 rings (SSSR count). The van der Waals surface area contributed by atoms with E-state index < -0.39 is 26.5 Å². The third kappa shape index (κ3) is 75.9. The maximum Gasteiger partial charge on any atom is 0.472 e. The van der Waals surface area contributed by atoms with E-state index in [1.165, 1.54) is 89.9 Å². The molecule has 0 saturated carbocycles. The summed E-state index contributed by atoms with van der Waals surface area (Å²) in [6.45, 7) is 4.18. The van der Waals surface area contributed by atoms with Crippen LogP contribution in [0.15, 0.2) is 194 Å². The number of likely N-dealkylation sites (N-methyl/N-ethyl adjacent to an activating group) is 1. The van der Waals surface area contributed by atoms with Crippen molar-refractivity contribution in [2.24, 2.45) is 0 Å². The van der Waals surface area contributed by atoms with E-state index in [2.05, 4.69) is 208 Å². The van der Waals surface area contributed by atoms with E-state index in [0.717, 1.165) is 148 Å². The highest BCUT2D eigenvalue weighted by molar-refractivity contribution is 7.47. The smallest absolute Gasteiger partial charge is 0.462 e. The van der Waals surface area contributed by atoms with Crippen LogP contribution >= 0.6 is 7.82 Å². The second kappa shape index (κ2) is 72.1. The van der Waals surface area contributed by atoms with Crippen molar-refractivity contribution in [2.45, 2.75) is 277 Å². The first-order valence-electron chi connectivity index (χ1n) is 37.2. The maximum absolute atomic E-state index is 12.9. The first kappa shape index (κ1) is 88.8. The zero-order valence-corrected chi connectivity index (χ0v) is 61.3. The third-order valence-electron chi connectivity index (χ3n) is 15.1. The van der Waals surface area contributed by atoms with E-state index in [4.69, 9.17) is 18.5 Å². The quantitative estimate of drug-likeness (QED) is 0.0211. The third-order valence-corrected chi connectivity index (χ3v) is 16.1. The molecular weight excluding hydrogens is 1180 g/mol. The highest BCUT2D eigenvalue weighted by atomic mass is 31.2. The van der Waals surface area contributed by atoms with Crippen molar-refractivity contribution in [2.75, 3.05) is 47.5 Å². The Morgan fingerprint density at radius 3 is 0.851 bits per heavy atom. The topological polar surface area (TPSA) is 108 Å². The van der Waals surface area contributed by atoms with Crippen LogP contribution in [0.25, 0.3) is 0 Å². The fourth-order valence-corrected chi connectivity index (χ4v) is 10.3. The summed E-state index contributed by atoms with van der Waals surface area (Å²) in [6, 6.07) is 0. The van der Waals surface area contributed by atoms with Crippen LogP contribution in [0.3, 0.4) is 0 Å². The van der Waals surface area contributed by atoms with Crippen LogP contribution in [0, 0.1) is 0 Å². The molecule has 0 fully saturated rings. The zero-order chi connectivity index (χ0) is 68.3. The zero-order valence-electron chi connectivity index (χ0n) is 60.4. The van der Waals surface area contributed by atoms with Gasteiger partial charge in [0.2, 0.25) is 0 Å². The minimum absolute atomic E-state index is 0.0197. The second-order valence-electron chi connectivity index (χ2n) is 25.2. The monoisotopic (exact) mass is 1320 g/mol. The van der Waals surface area contributed by atoms with E-state index in [9.17, 15) is 19.0 Å². The first-order valence-corrected chi connectivity index (χ1v) is 38.7. The molecule has 0 heterocycles. The molecule has 0 aromatic heterocycles. The average Bonchev–Trinajstić information content (AvgIpc) is 1.57. The van der Waals surface area contributed by atoms with Crippen LogP contribution in [0.4, 0.5) is 0 Å². The van der Waals surface area contributed by atoms with Gasteiger partial charge in [-0.2, -0.15) is 0 Å². The number of carbonyl (C=O) groups is 2. The van der Waals surface area contributed by atoms with E-state index >= 15 is 0 Å². The van der Waals surface area contributed by atoms with Crippen LogP contribution < -0.4 is 0 Å². The molecule has 0 aromatic carbocycles. The molecule has 0 spiro atoms. The van der Waals surface area contributed by atoms with Crippen molar-refractivity contribution >= 4 is 19.8 Å². The van der Waals surface area contributed by atoms with Gasteiger partial charge in [0.25, 0.3) is 0 Å². The number of unbranched alkanes of at least 4 members (excludes halogenated alkanes) is 20. The van der Waals surface area contributed by atoms with Crippen molar-refractivity contribution in [1.82, 2.24) is 0 Å². The van der Waals surface area contributed by atoms with E-state index in [1.807, 2.05) is 21.1 Å². The predicted molar refractivity (Wildman–Crippen MR) is 408 cm³/mol.